The topological polar surface area (TPSA) is 46.2 Å². The van der Waals surface area contributed by atoms with Crippen LogP contribution < -0.4 is 4.72 Å². The highest BCUT2D eigenvalue weighted by Crippen LogP contribution is 2.27. The van der Waals surface area contributed by atoms with Crippen LogP contribution in [-0.2, 0) is 10.0 Å². The van der Waals surface area contributed by atoms with Crippen molar-refractivity contribution >= 4 is 31.6 Å². The molecule has 0 saturated carbocycles. The molecular formula is C16H18BrNO2S. The maximum Gasteiger partial charge on any atom is 0.262 e. The normalized spacial score (nSPS) is 11.5. The molecule has 0 fully saturated rings. The number of aryl methyl sites for hydroxylation is 4. The molecule has 0 saturated heterocycles. The molecular weight excluding hydrogens is 350 g/mol. The van der Waals surface area contributed by atoms with E-state index in [1.54, 1.807) is 13.0 Å². The van der Waals surface area contributed by atoms with Gasteiger partial charge in [-0.2, -0.15) is 0 Å². The minimum atomic E-state index is -3.59. The van der Waals surface area contributed by atoms with E-state index in [-0.39, 0.29) is 0 Å². The number of hydrogen-bond donors (Lipinski definition) is 1. The first-order valence-electron chi connectivity index (χ1n) is 6.57. The first-order valence-corrected chi connectivity index (χ1v) is 8.85. The molecule has 0 atom stereocenters. The number of hydrogen-bond acceptors (Lipinski definition) is 2. The first-order chi connectivity index (χ1) is 9.70. The van der Waals surface area contributed by atoms with Crippen molar-refractivity contribution in [3.05, 3.63) is 57.1 Å². The van der Waals surface area contributed by atoms with Crippen LogP contribution in [0, 0.1) is 27.7 Å². The molecule has 0 aromatic heterocycles. The number of benzene rings is 2. The van der Waals surface area contributed by atoms with E-state index in [9.17, 15) is 8.42 Å². The molecule has 112 valence electrons. The van der Waals surface area contributed by atoms with Crippen molar-refractivity contribution in [1.82, 2.24) is 0 Å². The lowest BCUT2D eigenvalue weighted by atomic mass is 10.1. The van der Waals surface area contributed by atoms with Gasteiger partial charge in [-0.25, -0.2) is 8.42 Å². The van der Waals surface area contributed by atoms with Gasteiger partial charge >= 0.3 is 0 Å². The van der Waals surface area contributed by atoms with Crippen molar-refractivity contribution in [2.75, 3.05) is 4.72 Å². The maximum atomic E-state index is 12.6. The summed E-state index contributed by atoms with van der Waals surface area (Å²) in [5.74, 6) is 0. The highest BCUT2D eigenvalue weighted by Gasteiger charge is 2.19. The minimum Gasteiger partial charge on any atom is -0.279 e. The smallest absolute Gasteiger partial charge is 0.262 e. The van der Waals surface area contributed by atoms with Crippen molar-refractivity contribution < 1.29 is 8.42 Å². The Morgan fingerprint density at radius 2 is 1.57 bits per heavy atom. The van der Waals surface area contributed by atoms with Crippen molar-refractivity contribution in [3.8, 4) is 0 Å². The third kappa shape index (κ3) is 3.47. The van der Waals surface area contributed by atoms with Gasteiger partial charge in [0.05, 0.1) is 10.6 Å². The van der Waals surface area contributed by atoms with Gasteiger partial charge in [0.15, 0.2) is 0 Å². The van der Waals surface area contributed by atoms with Gasteiger partial charge in [0.25, 0.3) is 10.0 Å². The van der Waals surface area contributed by atoms with Gasteiger partial charge in [0.1, 0.15) is 0 Å². The highest BCUT2D eigenvalue weighted by atomic mass is 79.9. The van der Waals surface area contributed by atoms with Crippen LogP contribution in [-0.4, -0.2) is 8.42 Å². The summed E-state index contributed by atoms with van der Waals surface area (Å²) in [5.41, 5.74) is 4.14. The van der Waals surface area contributed by atoms with Gasteiger partial charge in [-0.3, -0.25) is 4.72 Å². The quantitative estimate of drug-likeness (QED) is 0.868. The Bertz CT molecular complexity index is 798. The van der Waals surface area contributed by atoms with Crippen LogP contribution in [0.1, 0.15) is 22.3 Å². The Balaban J connectivity index is 2.48. The van der Waals surface area contributed by atoms with Crippen LogP contribution in [0.2, 0.25) is 0 Å². The summed E-state index contributed by atoms with van der Waals surface area (Å²) in [6.45, 7) is 7.49. The molecule has 2 rings (SSSR count). The third-order valence-electron chi connectivity index (χ3n) is 3.38. The van der Waals surface area contributed by atoms with Crippen molar-refractivity contribution in [3.63, 3.8) is 0 Å². The fraction of sp³-hybridized carbons (Fsp3) is 0.250. The lowest BCUT2D eigenvalue weighted by Gasteiger charge is -2.14. The Morgan fingerprint density at radius 3 is 2.24 bits per heavy atom. The lowest BCUT2D eigenvalue weighted by molar-refractivity contribution is 0.600. The summed E-state index contributed by atoms with van der Waals surface area (Å²) in [7, 11) is -3.59. The zero-order valence-corrected chi connectivity index (χ0v) is 14.9. The van der Waals surface area contributed by atoms with Crippen LogP contribution in [0.3, 0.4) is 0 Å². The first kappa shape index (κ1) is 16.0. The molecule has 0 spiro atoms. The van der Waals surface area contributed by atoms with Crippen LogP contribution in [0.15, 0.2) is 39.7 Å². The standard InChI is InChI=1S/C16H18BrNO2S/c1-10-5-6-11(2)15(7-10)18-21(19,20)16-9-12(3)14(17)8-13(16)4/h5-9,18H,1-4H3. The number of sulfonamides is 1. The molecule has 5 heteroatoms. The molecule has 0 amide bonds. The van der Waals surface area contributed by atoms with E-state index in [4.69, 9.17) is 0 Å². The van der Waals surface area contributed by atoms with E-state index in [1.165, 1.54) is 0 Å². The summed E-state index contributed by atoms with van der Waals surface area (Å²) in [4.78, 5) is 0.309. The molecule has 2 aromatic rings. The predicted octanol–water partition coefficient (Wildman–Crippen LogP) is 4.48. The van der Waals surface area contributed by atoms with Crippen molar-refractivity contribution in [2.24, 2.45) is 0 Å². The van der Waals surface area contributed by atoms with Gasteiger partial charge in [-0.05, 0) is 68.1 Å². The second-order valence-corrected chi connectivity index (χ2v) is 7.80. The van der Waals surface area contributed by atoms with E-state index in [0.717, 1.165) is 21.2 Å². The van der Waals surface area contributed by atoms with Crippen LogP contribution in [0.4, 0.5) is 5.69 Å². The second kappa shape index (κ2) is 5.81. The number of halogens is 1. The molecule has 0 aliphatic heterocycles. The van der Waals surface area contributed by atoms with Crippen molar-refractivity contribution in [1.29, 1.82) is 0 Å². The Morgan fingerprint density at radius 1 is 0.905 bits per heavy atom. The predicted molar refractivity (Wildman–Crippen MR) is 90.3 cm³/mol. The molecule has 0 bridgehead atoms. The van der Waals surface area contributed by atoms with E-state index < -0.39 is 10.0 Å². The molecule has 21 heavy (non-hydrogen) atoms. The molecule has 0 radical (unpaired) electrons. The van der Waals surface area contributed by atoms with Crippen LogP contribution in [0.25, 0.3) is 0 Å². The fourth-order valence-corrected chi connectivity index (χ4v) is 3.98. The average molecular weight is 368 g/mol. The lowest BCUT2D eigenvalue weighted by Crippen LogP contribution is -2.15. The highest BCUT2D eigenvalue weighted by molar-refractivity contribution is 9.10. The van der Waals surface area contributed by atoms with E-state index in [2.05, 4.69) is 20.7 Å². The number of nitrogens with one attached hydrogen (secondary N) is 1. The maximum absolute atomic E-state index is 12.6. The monoisotopic (exact) mass is 367 g/mol. The van der Waals surface area contributed by atoms with Crippen LogP contribution in [0.5, 0.6) is 0 Å². The Labute approximate surface area is 134 Å². The van der Waals surface area contributed by atoms with Gasteiger partial charge in [0.2, 0.25) is 0 Å². The number of anilines is 1. The van der Waals surface area contributed by atoms with Crippen LogP contribution >= 0.6 is 15.9 Å². The summed E-state index contributed by atoms with van der Waals surface area (Å²) in [6.07, 6.45) is 0. The second-order valence-electron chi connectivity index (χ2n) is 5.29. The Hall–Kier alpha value is -1.33. The number of rotatable bonds is 3. The summed E-state index contributed by atoms with van der Waals surface area (Å²) in [5, 5.41) is 0. The van der Waals surface area contributed by atoms with E-state index in [0.29, 0.717) is 16.1 Å². The zero-order chi connectivity index (χ0) is 15.8. The Kier molecular flexibility index (Phi) is 4.44. The van der Waals surface area contributed by atoms with Gasteiger partial charge in [0, 0.05) is 4.47 Å². The summed E-state index contributed by atoms with van der Waals surface area (Å²) >= 11 is 3.42. The summed E-state index contributed by atoms with van der Waals surface area (Å²) in [6, 6.07) is 9.23. The van der Waals surface area contributed by atoms with Gasteiger partial charge in [-0.15, -0.1) is 0 Å². The average Bonchev–Trinajstić information content (AvgIpc) is 2.37. The van der Waals surface area contributed by atoms with Gasteiger partial charge < -0.3 is 0 Å². The largest absolute Gasteiger partial charge is 0.279 e. The molecule has 2 aromatic carbocycles. The fourth-order valence-electron chi connectivity index (χ4n) is 2.09. The molecule has 0 aliphatic rings. The molecule has 0 aliphatic carbocycles. The molecule has 0 heterocycles. The summed E-state index contributed by atoms with van der Waals surface area (Å²) < 4.78 is 28.8. The van der Waals surface area contributed by atoms with Crippen molar-refractivity contribution in [2.45, 2.75) is 32.6 Å². The molecule has 3 nitrogen and oxygen atoms in total. The van der Waals surface area contributed by atoms with Gasteiger partial charge in [-0.1, -0.05) is 28.1 Å². The molecule has 0 unspecified atom stereocenters. The van der Waals surface area contributed by atoms with E-state index in [1.807, 2.05) is 45.0 Å². The SMILES string of the molecule is Cc1ccc(C)c(NS(=O)(=O)c2cc(C)c(Br)cc2C)c1. The minimum absolute atomic E-state index is 0.309. The van der Waals surface area contributed by atoms with E-state index >= 15 is 0 Å². The zero-order valence-electron chi connectivity index (χ0n) is 12.5. The third-order valence-corrected chi connectivity index (χ3v) is 5.74. The molecule has 1 N–H and O–H groups in total.